The van der Waals surface area contributed by atoms with E-state index in [1.54, 1.807) is 18.7 Å². The molecular formula is C10H13NO2S. The summed E-state index contributed by atoms with van der Waals surface area (Å²) in [5, 5.41) is 11.6. The molecule has 0 bridgehead atoms. The van der Waals surface area contributed by atoms with Crippen molar-refractivity contribution in [2.24, 2.45) is 0 Å². The van der Waals surface area contributed by atoms with E-state index in [9.17, 15) is 4.79 Å². The molecule has 0 radical (unpaired) electrons. The molecule has 0 heterocycles. The summed E-state index contributed by atoms with van der Waals surface area (Å²) in [6.45, 7) is 1.62. The van der Waals surface area contributed by atoms with E-state index in [2.05, 4.69) is 5.32 Å². The molecule has 4 heteroatoms. The molecule has 1 unspecified atom stereocenters. The van der Waals surface area contributed by atoms with Crippen LogP contribution >= 0.6 is 11.8 Å². The highest BCUT2D eigenvalue weighted by Crippen LogP contribution is 2.17. The fourth-order valence-corrected chi connectivity index (χ4v) is 1.41. The molecule has 0 aliphatic heterocycles. The van der Waals surface area contributed by atoms with E-state index in [1.165, 1.54) is 4.90 Å². The van der Waals surface area contributed by atoms with Crippen molar-refractivity contribution in [3.63, 3.8) is 0 Å². The summed E-state index contributed by atoms with van der Waals surface area (Å²) in [5.74, 6) is -0.848. The SMILES string of the molecule is CSc1ccc(NC(C)C(=O)O)cc1. The van der Waals surface area contributed by atoms with Crippen LogP contribution in [-0.4, -0.2) is 23.4 Å². The van der Waals surface area contributed by atoms with Gasteiger partial charge in [0.25, 0.3) is 0 Å². The molecule has 1 aromatic carbocycles. The number of aliphatic carboxylic acids is 1. The van der Waals surface area contributed by atoms with Crippen molar-refractivity contribution >= 4 is 23.4 Å². The molecule has 0 aliphatic rings. The minimum absolute atomic E-state index is 0.560. The minimum Gasteiger partial charge on any atom is -0.480 e. The van der Waals surface area contributed by atoms with Gasteiger partial charge in [0.2, 0.25) is 0 Å². The summed E-state index contributed by atoms with van der Waals surface area (Å²) in [4.78, 5) is 11.7. The fraction of sp³-hybridized carbons (Fsp3) is 0.300. The number of thioether (sulfide) groups is 1. The summed E-state index contributed by atoms with van der Waals surface area (Å²) in [7, 11) is 0. The van der Waals surface area contributed by atoms with Crippen LogP contribution in [0.25, 0.3) is 0 Å². The normalized spacial score (nSPS) is 12.1. The molecule has 0 fully saturated rings. The molecule has 0 saturated heterocycles. The molecule has 14 heavy (non-hydrogen) atoms. The predicted molar refractivity (Wildman–Crippen MR) is 58.9 cm³/mol. The van der Waals surface area contributed by atoms with Crippen molar-refractivity contribution in [3.05, 3.63) is 24.3 Å². The van der Waals surface area contributed by atoms with E-state index in [4.69, 9.17) is 5.11 Å². The van der Waals surface area contributed by atoms with Crippen LogP contribution < -0.4 is 5.32 Å². The third-order valence-electron chi connectivity index (χ3n) is 1.84. The van der Waals surface area contributed by atoms with Gasteiger partial charge in [0.05, 0.1) is 0 Å². The number of hydrogen-bond donors (Lipinski definition) is 2. The fourth-order valence-electron chi connectivity index (χ4n) is 0.999. The van der Waals surface area contributed by atoms with Gasteiger partial charge in [0, 0.05) is 10.6 Å². The van der Waals surface area contributed by atoms with E-state index in [1.807, 2.05) is 30.5 Å². The van der Waals surface area contributed by atoms with Crippen LogP contribution in [0.15, 0.2) is 29.2 Å². The minimum atomic E-state index is -0.848. The van der Waals surface area contributed by atoms with Gasteiger partial charge in [0.1, 0.15) is 6.04 Å². The molecule has 0 saturated carbocycles. The number of carbonyl (C=O) groups is 1. The molecular weight excluding hydrogens is 198 g/mol. The molecule has 0 amide bonds. The number of carboxylic acids is 1. The van der Waals surface area contributed by atoms with Crippen molar-refractivity contribution in [1.29, 1.82) is 0 Å². The highest BCUT2D eigenvalue weighted by atomic mass is 32.2. The summed E-state index contributed by atoms with van der Waals surface area (Å²) in [6.07, 6.45) is 2.00. The molecule has 2 N–H and O–H groups in total. The molecule has 1 rings (SSSR count). The number of anilines is 1. The van der Waals surface area contributed by atoms with Gasteiger partial charge in [-0.2, -0.15) is 0 Å². The van der Waals surface area contributed by atoms with Crippen LogP contribution in [0.4, 0.5) is 5.69 Å². The van der Waals surface area contributed by atoms with Gasteiger partial charge in [-0.25, -0.2) is 0 Å². The maximum atomic E-state index is 10.6. The number of hydrogen-bond acceptors (Lipinski definition) is 3. The molecule has 1 aromatic rings. The van der Waals surface area contributed by atoms with E-state index >= 15 is 0 Å². The standard InChI is InChI=1S/C10H13NO2S/c1-7(10(12)13)11-8-3-5-9(14-2)6-4-8/h3-7,11H,1-2H3,(H,12,13). The first-order valence-electron chi connectivity index (χ1n) is 4.27. The Hall–Kier alpha value is -1.16. The van der Waals surface area contributed by atoms with Crippen LogP contribution in [-0.2, 0) is 4.79 Å². The quantitative estimate of drug-likeness (QED) is 0.750. The molecule has 3 nitrogen and oxygen atoms in total. The Bertz CT molecular complexity index is 310. The van der Waals surface area contributed by atoms with Gasteiger partial charge in [-0.05, 0) is 37.4 Å². The summed E-state index contributed by atoms with van der Waals surface area (Å²) >= 11 is 1.66. The van der Waals surface area contributed by atoms with Gasteiger partial charge in [-0.15, -0.1) is 11.8 Å². The third kappa shape index (κ3) is 2.96. The number of nitrogens with one attached hydrogen (secondary N) is 1. The van der Waals surface area contributed by atoms with Gasteiger partial charge in [-0.3, -0.25) is 4.79 Å². The molecule has 0 aromatic heterocycles. The van der Waals surface area contributed by atoms with Gasteiger partial charge < -0.3 is 10.4 Å². The van der Waals surface area contributed by atoms with Crippen molar-refractivity contribution < 1.29 is 9.90 Å². The smallest absolute Gasteiger partial charge is 0.325 e. The predicted octanol–water partition coefficient (Wildman–Crippen LogP) is 2.29. The van der Waals surface area contributed by atoms with E-state index in [0.29, 0.717) is 0 Å². The zero-order valence-electron chi connectivity index (χ0n) is 8.15. The number of rotatable bonds is 4. The first kappa shape index (κ1) is 10.9. The van der Waals surface area contributed by atoms with Crippen molar-refractivity contribution in [2.45, 2.75) is 17.9 Å². The first-order valence-corrected chi connectivity index (χ1v) is 5.49. The highest BCUT2D eigenvalue weighted by molar-refractivity contribution is 7.98. The maximum absolute atomic E-state index is 10.6. The monoisotopic (exact) mass is 211 g/mol. The van der Waals surface area contributed by atoms with Crippen LogP contribution in [0, 0.1) is 0 Å². The topological polar surface area (TPSA) is 49.3 Å². The number of carboxylic acid groups (broad SMARTS) is 1. The first-order chi connectivity index (χ1) is 6.63. The van der Waals surface area contributed by atoms with E-state index in [-0.39, 0.29) is 0 Å². The van der Waals surface area contributed by atoms with Gasteiger partial charge in [-0.1, -0.05) is 0 Å². The summed E-state index contributed by atoms with van der Waals surface area (Å²) < 4.78 is 0. The van der Waals surface area contributed by atoms with Crippen LogP contribution in [0.1, 0.15) is 6.92 Å². The molecule has 0 spiro atoms. The molecule has 76 valence electrons. The second kappa shape index (κ2) is 4.91. The van der Waals surface area contributed by atoms with E-state index < -0.39 is 12.0 Å². The summed E-state index contributed by atoms with van der Waals surface area (Å²) in [6, 6.07) is 7.12. The Balaban J connectivity index is 2.64. The lowest BCUT2D eigenvalue weighted by molar-refractivity contribution is -0.137. The average molecular weight is 211 g/mol. The zero-order chi connectivity index (χ0) is 10.6. The highest BCUT2D eigenvalue weighted by Gasteiger charge is 2.09. The van der Waals surface area contributed by atoms with Crippen LogP contribution in [0.5, 0.6) is 0 Å². The van der Waals surface area contributed by atoms with Crippen molar-refractivity contribution in [1.82, 2.24) is 0 Å². The van der Waals surface area contributed by atoms with Gasteiger partial charge >= 0.3 is 5.97 Å². The lowest BCUT2D eigenvalue weighted by atomic mass is 10.2. The largest absolute Gasteiger partial charge is 0.480 e. The Morgan fingerprint density at radius 3 is 2.43 bits per heavy atom. The van der Waals surface area contributed by atoms with Crippen LogP contribution in [0.3, 0.4) is 0 Å². The average Bonchev–Trinajstić information content (AvgIpc) is 2.19. The third-order valence-corrected chi connectivity index (χ3v) is 2.59. The Morgan fingerprint density at radius 2 is 2.00 bits per heavy atom. The lowest BCUT2D eigenvalue weighted by Gasteiger charge is -2.10. The van der Waals surface area contributed by atoms with Gasteiger partial charge in [0.15, 0.2) is 0 Å². The second-order valence-corrected chi connectivity index (χ2v) is 3.81. The zero-order valence-corrected chi connectivity index (χ0v) is 8.97. The lowest BCUT2D eigenvalue weighted by Crippen LogP contribution is -2.25. The van der Waals surface area contributed by atoms with Crippen molar-refractivity contribution in [3.8, 4) is 0 Å². The van der Waals surface area contributed by atoms with Crippen molar-refractivity contribution in [2.75, 3.05) is 11.6 Å². The Morgan fingerprint density at radius 1 is 1.43 bits per heavy atom. The molecule has 1 atom stereocenters. The molecule has 0 aliphatic carbocycles. The Labute approximate surface area is 87.5 Å². The second-order valence-electron chi connectivity index (χ2n) is 2.93. The van der Waals surface area contributed by atoms with Crippen LogP contribution in [0.2, 0.25) is 0 Å². The number of benzene rings is 1. The van der Waals surface area contributed by atoms with E-state index in [0.717, 1.165) is 5.69 Å². The summed E-state index contributed by atoms with van der Waals surface area (Å²) in [5.41, 5.74) is 0.831. The Kier molecular flexibility index (Phi) is 3.83. The maximum Gasteiger partial charge on any atom is 0.325 e.